The van der Waals surface area contributed by atoms with Gasteiger partial charge in [-0.25, -0.2) is 4.79 Å². The van der Waals surface area contributed by atoms with E-state index in [1.165, 1.54) is 0 Å². The van der Waals surface area contributed by atoms with E-state index in [2.05, 4.69) is 4.74 Å². The number of nitrogens with two attached hydrogens (primary N) is 1. The second kappa shape index (κ2) is 3.63. The van der Waals surface area contributed by atoms with Crippen molar-refractivity contribution in [2.24, 2.45) is 5.73 Å². The van der Waals surface area contributed by atoms with Crippen LogP contribution in [0.2, 0.25) is 0 Å². The summed E-state index contributed by atoms with van der Waals surface area (Å²) in [6.45, 7) is 0. The van der Waals surface area contributed by atoms with E-state index in [0.717, 1.165) is 0 Å². The van der Waals surface area contributed by atoms with E-state index < -0.39 is 6.09 Å². The predicted octanol–water partition coefficient (Wildman–Crippen LogP) is 0.0268. The molecule has 0 aromatic carbocycles. The number of hydrogen-bond donors (Lipinski definition) is 2. The van der Waals surface area contributed by atoms with Crippen molar-refractivity contribution in [2.75, 3.05) is 0 Å². The van der Waals surface area contributed by atoms with Gasteiger partial charge in [0, 0.05) is 12.8 Å². The molecule has 1 saturated carbocycles. The van der Waals surface area contributed by atoms with Crippen molar-refractivity contribution in [1.29, 1.82) is 0 Å². The lowest BCUT2D eigenvalue weighted by Crippen LogP contribution is -2.38. The number of halogens is 1. The molecule has 0 atom stereocenters. The van der Waals surface area contributed by atoms with E-state index in [0.29, 0.717) is 12.8 Å². The number of carbonyl (C=O) groups is 1. The highest BCUT2D eigenvalue weighted by Crippen LogP contribution is 2.22. The van der Waals surface area contributed by atoms with Gasteiger partial charge in [0.2, 0.25) is 0 Å². The molecule has 0 heterocycles. The van der Waals surface area contributed by atoms with Crippen LogP contribution in [0.1, 0.15) is 12.8 Å². The van der Waals surface area contributed by atoms with Gasteiger partial charge in [0.25, 0.3) is 0 Å². The maximum Gasteiger partial charge on any atom is 0.404 e. The normalized spacial score (nSPS) is 29.7. The van der Waals surface area contributed by atoms with E-state index in [4.69, 9.17) is 10.8 Å². The number of rotatable bonds is 1. The second-order valence-corrected chi connectivity index (χ2v) is 2.18. The van der Waals surface area contributed by atoms with Crippen LogP contribution in [0.5, 0.6) is 0 Å². The molecule has 5 heteroatoms. The Hall–Kier alpha value is -0.480. The van der Waals surface area contributed by atoms with E-state index in [1.54, 1.807) is 0 Å². The van der Waals surface area contributed by atoms with Crippen molar-refractivity contribution >= 4 is 18.5 Å². The third-order valence-electron chi connectivity index (χ3n) is 1.35. The maximum absolute atomic E-state index is 10.0. The molecule has 1 aliphatic rings. The molecule has 0 aromatic rings. The van der Waals surface area contributed by atoms with Crippen molar-refractivity contribution in [3.8, 4) is 0 Å². The Kier molecular flexibility index (Phi) is 3.46. The van der Waals surface area contributed by atoms with Gasteiger partial charge in [0.05, 0.1) is 6.10 Å². The minimum absolute atomic E-state index is 0. The molecule has 0 bridgehead atoms. The van der Waals surface area contributed by atoms with Crippen molar-refractivity contribution in [2.45, 2.75) is 25.0 Å². The van der Waals surface area contributed by atoms with Gasteiger partial charge in [0.15, 0.2) is 0 Å². The first kappa shape index (κ1) is 9.52. The summed E-state index contributed by atoms with van der Waals surface area (Å²) in [5, 5.41) is 8.70. The quantitative estimate of drug-likeness (QED) is 0.579. The topological polar surface area (TPSA) is 72.6 Å². The number of hydrogen-bond acceptors (Lipinski definition) is 3. The molecule has 0 unspecified atom stereocenters. The van der Waals surface area contributed by atoms with Crippen molar-refractivity contribution < 1.29 is 14.6 Å². The van der Waals surface area contributed by atoms with Crippen molar-refractivity contribution in [3.63, 3.8) is 0 Å². The molecular formula is C5H10ClNO3. The molecule has 10 heavy (non-hydrogen) atoms. The molecule has 0 saturated heterocycles. The molecule has 0 aromatic heterocycles. The number of ether oxygens (including phenoxy) is 1. The molecule has 0 aliphatic heterocycles. The average Bonchev–Trinajstić information content (AvgIpc) is 1.60. The highest BCUT2D eigenvalue weighted by atomic mass is 35.5. The van der Waals surface area contributed by atoms with Crippen LogP contribution in [0, 0.1) is 0 Å². The van der Waals surface area contributed by atoms with E-state index >= 15 is 0 Å². The van der Waals surface area contributed by atoms with Crippen molar-refractivity contribution in [1.82, 2.24) is 0 Å². The number of carbonyl (C=O) groups excluding carboxylic acids is 1. The predicted molar refractivity (Wildman–Crippen MR) is 36.9 cm³/mol. The molecule has 1 fully saturated rings. The lowest BCUT2D eigenvalue weighted by atomic mass is 9.92. The summed E-state index contributed by atoms with van der Waals surface area (Å²) in [5.74, 6) is 0. The van der Waals surface area contributed by atoms with E-state index in [-0.39, 0.29) is 24.6 Å². The molecule has 3 N–H and O–H groups in total. The van der Waals surface area contributed by atoms with Gasteiger partial charge in [0.1, 0.15) is 6.10 Å². The zero-order chi connectivity index (χ0) is 6.85. The molecule has 0 spiro atoms. The molecule has 1 rings (SSSR count). The summed E-state index contributed by atoms with van der Waals surface area (Å²) >= 11 is 0. The molecule has 1 amide bonds. The fraction of sp³-hybridized carbons (Fsp3) is 0.800. The van der Waals surface area contributed by atoms with Crippen LogP contribution in [-0.2, 0) is 4.74 Å². The Balaban J connectivity index is 0.000000810. The summed E-state index contributed by atoms with van der Waals surface area (Å²) in [6, 6.07) is 0. The number of aliphatic hydroxyl groups excluding tert-OH is 1. The number of primary amides is 1. The molecule has 4 nitrogen and oxygen atoms in total. The third kappa shape index (κ3) is 2.41. The Labute approximate surface area is 64.8 Å². The van der Waals surface area contributed by atoms with Crippen LogP contribution < -0.4 is 5.73 Å². The monoisotopic (exact) mass is 167 g/mol. The maximum atomic E-state index is 10.0. The van der Waals surface area contributed by atoms with Crippen LogP contribution in [0.15, 0.2) is 0 Å². The molecule has 0 radical (unpaired) electrons. The minimum atomic E-state index is -0.758. The fourth-order valence-electron chi connectivity index (χ4n) is 0.798. The van der Waals surface area contributed by atoms with Gasteiger partial charge in [-0.15, -0.1) is 12.4 Å². The molecular weight excluding hydrogens is 158 g/mol. The minimum Gasteiger partial charge on any atom is -0.446 e. The second-order valence-electron chi connectivity index (χ2n) is 2.18. The Morgan fingerprint density at radius 2 is 2.10 bits per heavy atom. The first-order valence-corrected chi connectivity index (χ1v) is 2.82. The average molecular weight is 168 g/mol. The van der Waals surface area contributed by atoms with Gasteiger partial charge in [-0.3, -0.25) is 0 Å². The van der Waals surface area contributed by atoms with Crippen molar-refractivity contribution in [3.05, 3.63) is 0 Å². The summed E-state index contributed by atoms with van der Waals surface area (Å²) in [7, 11) is 0. The first-order chi connectivity index (χ1) is 4.18. The number of amides is 1. The summed E-state index contributed by atoms with van der Waals surface area (Å²) in [6.07, 6.45) is -0.134. The fourth-order valence-corrected chi connectivity index (χ4v) is 0.798. The van der Waals surface area contributed by atoms with Crippen LogP contribution in [0.3, 0.4) is 0 Å². The first-order valence-electron chi connectivity index (χ1n) is 2.82. The zero-order valence-corrected chi connectivity index (χ0v) is 6.13. The van der Waals surface area contributed by atoms with Crippen LogP contribution in [0.25, 0.3) is 0 Å². The molecule has 1 aliphatic carbocycles. The highest BCUT2D eigenvalue weighted by Gasteiger charge is 2.29. The van der Waals surface area contributed by atoms with Crippen LogP contribution in [-0.4, -0.2) is 23.4 Å². The van der Waals surface area contributed by atoms with Gasteiger partial charge >= 0.3 is 6.09 Å². The third-order valence-corrected chi connectivity index (χ3v) is 1.35. The Bertz CT molecular complexity index is 124. The highest BCUT2D eigenvalue weighted by molar-refractivity contribution is 5.85. The standard InChI is InChI=1S/C5H9NO3.ClH/c6-5(8)9-4-1-3(7)2-4;/h3-4,7H,1-2H2,(H2,6,8);1H. The largest absolute Gasteiger partial charge is 0.446 e. The van der Waals surface area contributed by atoms with Gasteiger partial charge in [-0.1, -0.05) is 0 Å². The smallest absolute Gasteiger partial charge is 0.404 e. The number of aliphatic hydroxyl groups is 1. The SMILES string of the molecule is Cl.NC(=O)OC1CC(O)C1. The Morgan fingerprint density at radius 3 is 2.40 bits per heavy atom. The van der Waals surface area contributed by atoms with Crippen LogP contribution >= 0.6 is 12.4 Å². The molecule has 60 valence electrons. The zero-order valence-electron chi connectivity index (χ0n) is 5.32. The van der Waals surface area contributed by atoms with Gasteiger partial charge in [-0.05, 0) is 0 Å². The van der Waals surface area contributed by atoms with Gasteiger partial charge < -0.3 is 15.6 Å². The van der Waals surface area contributed by atoms with E-state index in [1.807, 2.05) is 0 Å². The Morgan fingerprint density at radius 1 is 1.60 bits per heavy atom. The van der Waals surface area contributed by atoms with E-state index in [9.17, 15) is 4.79 Å². The summed E-state index contributed by atoms with van der Waals surface area (Å²) in [5.41, 5.74) is 4.71. The lowest BCUT2D eigenvalue weighted by Gasteiger charge is -2.29. The van der Waals surface area contributed by atoms with Crippen LogP contribution in [0.4, 0.5) is 4.79 Å². The summed E-state index contributed by atoms with van der Waals surface area (Å²) < 4.78 is 4.54. The lowest BCUT2D eigenvalue weighted by molar-refractivity contribution is -0.0321. The summed E-state index contributed by atoms with van der Waals surface area (Å²) in [4.78, 5) is 10.0. The van der Waals surface area contributed by atoms with Gasteiger partial charge in [-0.2, -0.15) is 0 Å².